The van der Waals surface area contributed by atoms with Crippen LogP contribution >= 0.6 is 0 Å². The molecule has 1 N–H and O–H groups in total. The summed E-state index contributed by atoms with van der Waals surface area (Å²) in [5, 5.41) is 2.84. The molecule has 102 valence electrons. The highest BCUT2D eigenvalue weighted by atomic mass is 19.1. The van der Waals surface area contributed by atoms with Gasteiger partial charge < -0.3 is 5.32 Å². The third-order valence-electron chi connectivity index (χ3n) is 3.03. The fourth-order valence-corrected chi connectivity index (χ4v) is 2.01. The van der Waals surface area contributed by atoms with Gasteiger partial charge in [-0.3, -0.25) is 4.79 Å². The van der Waals surface area contributed by atoms with E-state index in [0.29, 0.717) is 6.42 Å². The van der Waals surface area contributed by atoms with Crippen LogP contribution in [0, 0.1) is 5.82 Å². The first-order chi connectivity index (χ1) is 9.72. The average Bonchev–Trinajstić information content (AvgIpc) is 2.48. The Balaban J connectivity index is 2.19. The number of rotatable bonds is 5. The number of carbonyl (C=O) groups is 1. The Kier molecular flexibility index (Phi) is 4.66. The SMILES string of the molecule is C=CC[C@@H](NC(=O)c1ccccc1F)c1ccccc1. The van der Waals surface area contributed by atoms with Crippen LogP contribution in [0.1, 0.15) is 28.4 Å². The van der Waals surface area contributed by atoms with Gasteiger partial charge in [0.05, 0.1) is 11.6 Å². The minimum atomic E-state index is -0.518. The molecule has 0 heterocycles. The smallest absolute Gasteiger partial charge is 0.254 e. The molecule has 0 aliphatic rings. The molecule has 0 unspecified atom stereocenters. The maximum Gasteiger partial charge on any atom is 0.254 e. The summed E-state index contributed by atoms with van der Waals surface area (Å²) in [5.41, 5.74) is 1.02. The van der Waals surface area contributed by atoms with Crippen molar-refractivity contribution in [3.8, 4) is 0 Å². The number of hydrogen-bond acceptors (Lipinski definition) is 1. The Labute approximate surface area is 118 Å². The molecule has 0 saturated carbocycles. The second-order valence-electron chi connectivity index (χ2n) is 4.44. The van der Waals surface area contributed by atoms with Crippen molar-refractivity contribution in [3.05, 3.63) is 84.2 Å². The Morgan fingerprint density at radius 2 is 1.80 bits per heavy atom. The molecule has 1 atom stereocenters. The number of amides is 1. The van der Waals surface area contributed by atoms with E-state index in [4.69, 9.17) is 0 Å². The second-order valence-corrected chi connectivity index (χ2v) is 4.44. The summed E-state index contributed by atoms with van der Waals surface area (Å²) >= 11 is 0. The second kappa shape index (κ2) is 6.66. The third kappa shape index (κ3) is 3.32. The zero-order valence-corrected chi connectivity index (χ0v) is 11.1. The Bertz CT molecular complexity index is 595. The molecule has 0 aromatic heterocycles. The molecule has 0 saturated heterocycles. The minimum Gasteiger partial charge on any atom is -0.345 e. The highest BCUT2D eigenvalue weighted by Gasteiger charge is 2.16. The Hall–Kier alpha value is -2.42. The van der Waals surface area contributed by atoms with Gasteiger partial charge in [-0.25, -0.2) is 4.39 Å². The summed E-state index contributed by atoms with van der Waals surface area (Å²) in [7, 11) is 0. The normalized spacial score (nSPS) is 11.7. The fraction of sp³-hybridized carbons (Fsp3) is 0.118. The van der Waals surface area contributed by atoms with Crippen LogP contribution in [-0.2, 0) is 0 Å². The van der Waals surface area contributed by atoms with E-state index >= 15 is 0 Å². The van der Waals surface area contributed by atoms with Gasteiger partial charge in [-0.05, 0) is 24.1 Å². The van der Waals surface area contributed by atoms with Crippen LogP contribution in [0.15, 0.2) is 67.3 Å². The number of benzene rings is 2. The molecule has 0 bridgehead atoms. The van der Waals surface area contributed by atoms with Crippen LogP contribution in [0.4, 0.5) is 4.39 Å². The molecule has 0 aliphatic heterocycles. The maximum absolute atomic E-state index is 13.6. The van der Waals surface area contributed by atoms with Gasteiger partial charge >= 0.3 is 0 Å². The molecule has 2 nitrogen and oxygen atoms in total. The van der Waals surface area contributed by atoms with E-state index in [0.717, 1.165) is 5.56 Å². The predicted molar refractivity (Wildman–Crippen MR) is 77.9 cm³/mol. The van der Waals surface area contributed by atoms with E-state index in [9.17, 15) is 9.18 Å². The number of hydrogen-bond donors (Lipinski definition) is 1. The summed E-state index contributed by atoms with van der Waals surface area (Å²) in [6.07, 6.45) is 2.32. The summed E-state index contributed by atoms with van der Waals surface area (Å²) in [4.78, 5) is 12.1. The van der Waals surface area contributed by atoms with Gasteiger partial charge in [0.25, 0.3) is 5.91 Å². The van der Waals surface area contributed by atoms with Crippen molar-refractivity contribution in [2.24, 2.45) is 0 Å². The summed E-state index contributed by atoms with van der Waals surface area (Å²) in [6, 6.07) is 15.3. The number of nitrogens with one attached hydrogen (secondary N) is 1. The van der Waals surface area contributed by atoms with Crippen LogP contribution in [0.5, 0.6) is 0 Å². The molecule has 2 rings (SSSR count). The average molecular weight is 269 g/mol. The predicted octanol–water partition coefficient (Wildman–Crippen LogP) is 3.87. The van der Waals surface area contributed by atoms with Gasteiger partial charge in [0, 0.05) is 0 Å². The van der Waals surface area contributed by atoms with E-state index in [2.05, 4.69) is 11.9 Å². The van der Waals surface area contributed by atoms with E-state index in [1.807, 2.05) is 30.3 Å². The maximum atomic E-state index is 13.6. The Morgan fingerprint density at radius 3 is 2.45 bits per heavy atom. The van der Waals surface area contributed by atoms with Crippen molar-refractivity contribution in [3.63, 3.8) is 0 Å². The first-order valence-corrected chi connectivity index (χ1v) is 6.43. The lowest BCUT2D eigenvalue weighted by atomic mass is 10.0. The van der Waals surface area contributed by atoms with Crippen molar-refractivity contribution in [1.82, 2.24) is 5.32 Å². The van der Waals surface area contributed by atoms with E-state index in [1.165, 1.54) is 12.1 Å². The standard InChI is InChI=1S/C17H16FNO/c1-2-8-16(13-9-4-3-5-10-13)19-17(20)14-11-6-7-12-15(14)18/h2-7,9-12,16H,1,8H2,(H,19,20)/t16-/m1/s1. The van der Waals surface area contributed by atoms with Crippen LogP contribution in [0.3, 0.4) is 0 Å². The van der Waals surface area contributed by atoms with Crippen molar-refractivity contribution in [2.75, 3.05) is 0 Å². The quantitative estimate of drug-likeness (QED) is 0.820. The van der Waals surface area contributed by atoms with Crippen molar-refractivity contribution < 1.29 is 9.18 Å². The van der Waals surface area contributed by atoms with Crippen molar-refractivity contribution in [1.29, 1.82) is 0 Å². The molecule has 2 aromatic rings. The zero-order chi connectivity index (χ0) is 14.4. The van der Waals surface area contributed by atoms with Crippen LogP contribution in [-0.4, -0.2) is 5.91 Å². The molecule has 1 amide bonds. The third-order valence-corrected chi connectivity index (χ3v) is 3.03. The van der Waals surface area contributed by atoms with Gasteiger partial charge in [-0.1, -0.05) is 48.5 Å². The van der Waals surface area contributed by atoms with E-state index in [1.54, 1.807) is 18.2 Å². The highest BCUT2D eigenvalue weighted by molar-refractivity contribution is 5.94. The van der Waals surface area contributed by atoms with Crippen molar-refractivity contribution >= 4 is 5.91 Å². The largest absolute Gasteiger partial charge is 0.345 e. The molecular weight excluding hydrogens is 253 g/mol. The number of halogens is 1. The lowest BCUT2D eigenvalue weighted by Crippen LogP contribution is -2.28. The first-order valence-electron chi connectivity index (χ1n) is 6.43. The molecule has 0 spiro atoms. The van der Waals surface area contributed by atoms with Crippen LogP contribution < -0.4 is 5.32 Å². The molecule has 0 fully saturated rings. The van der Waals surface area contributed by atoms with Gasteiger partial charge in [-0.2, -0.15) is 0 Å². The molecule has 0 aliphatic carbocycles. The van der Waals surface area contributed by atoms with Crippen LogP contribution in [0.2, 0.25) is 0 Å². The Morgan fingerprint density at radius 1 is 1.15 bits per heavy atom. The topological polar surface area (TPSA) is 29.1 Å². The molecule has 3 heteroatoms. The minimum absolute atomic E-state index is 0.0532. The lowest BCUT2D eigenvalue weighted by Gasteiger charge is -2.18. The summed E-state index contributed by atoms with van der Waals surface area (Å²) < 4.78 is 13.6. The van der Waals surface area contributed by atoms with Crippen molar-refractivity contribution in [2.45, 2.75) is 12.5 Å². The van der Waals surface area contributed by atoms with E-state index in [-0.39, 0.29) is 11.6 Å². The summed E-state index contributed by atoms with van der Waals surface area (Å²) in [5.74, 6) is -0.936. The highest BCUT2D eigenvalue weighted by Crippen LogP contribution is 2.18. The van der Waals surface area contributed by atoms with Gasteiger partial charge in [-0.15, -0.1) is 6.58 Å². The van der Waals surface area contributed by atoms with Gasteiger partial charge in [0.1, 0.15) is 5.82 Å². The molecule has 20 heavy (non-hydrogen) atoms. The monoisotopic (exact) mass is 269 g/mol. The lowest BCUT2D eigenvalue weighted by molar-refractivity contribution is 0.0933. The molecular formula is C17H16FNO. The van der Waals surface area contributed by atoms with Crippen LogP contribution in [0.25, 0.3) is 0 Å². The molecule has 2 aromatic carbocycles. The van der Waals surface area contributed by atoms with Gasteiger partial charge in [0.15, 0.2) is 0 Å². The van der Waals surface area contributed by atoms with E-state index < -0.39 is 11.7 Å². The fourth-order valence-electron chi connectivity index (χ4n) is 2.01. The van der Waals surface area contributed by atoms with Gasteiger partial charge in [0.2, 0.25) is 0 Å². The first kappa shape index (κ1) is 14.0. The summed E-state index contributed by atoms with van der Waals surface area (Å²) in [6.45, 7) is 3.70. The zero-order valence-electron chi connectivity index (χ0n) is 11.1. The number of carbonyl (C=O) groups excluding carboxylic acids is 1. The molecule has 0 radical (unpaired) electrons.